The Bertz CT molecular complexity index is 531. The first kappa shape index (κ1) is 12.0. The summed E-state index contributed by atoms with van der Waals surface area (Å²) in [5.74, 6) is 1.73. The van der Waals surface area contributed by atoms with E-state index < -0.39 is 0 Å². The van der Waals surface area contributed by atoms with Crippen molar-refractivity contribution in [1.29, 1.82) is 0 Å². The summed E-state index contributed by atoms with van der Waals surface area (Å²) in [5, 5.41) is 4.38. The van der Waals surface area contributed by atoms with E-state index >= 15 is 0 Å². The number of thioether (sulfide) groups is 1. The largest absolute Gasteiger partial charge is 0.383 e. The molecule has 2 N–H and O–H groups in total. The van der Waals surface area contributed by atoms with Crippen molar-refractivity contribution < 1.29 is 0 Å². The summed E-state index contributed by atoms with van der Waals surface area (Å²) in [6.45, 7) is 6.26. The number of aromatic nitrogens is 2. The van der Waals surface area contributed by atoms with E-state index in [1.807, 2.05) is 10.9 Å². The van der Waals surface area contributed by atoms with E-state index in [2.05, 4.69) is 44.1 Å². The lowest BCUT2D eigenvalue weighted by Crippen LogP contribution is -2.04. The highest BCUT2D eigenvalue weighted by Gasteiger charge is 2.10. The van der Waals surface area contributed by atoms with Crippen molar-refractivity contribution in [2.24, 2.45) is 0 Å². The maximum absolute atomic E-state index is 6.12. The topological polar surface area (TPSA) is 43.8 Å². The van der Waals surface area contributed by atoms with Gasteiger partial charge in [0.1, 0.15) is 5.82 Å². The van der Waals surface area contributed by atoms with Crippen molar-refractivity contribution in [1.82, 2.24) is 9.78 Å². The van der Waals surface area contributed by atoms with Crippen molar-refractivity contribution in [2.75, 3.05) is 11.5 Å². The highest BCUT2D eigenvalue weighted by Crippen LogP contribution is 2.27. The lowest BCUT2D eigenvalue weighted by molar-refractivity contribution is 0.881. The second-order valence-electron chi connectivity index (χ2n) is 4.03. The normalized spacial score (nSPS) is 10.8. The summed E-state index contributed by atoms with van der Waals surface area (Å²) in [6.07, 6.45) is 1.84. The molecular weight excluding hydrogens is 230 g/mol. The lowest BCUT2D eigenvalue weighted by Gasteiger charge is -2.09. The maximum atomic E-state index is 6.12. The van der Waals surface area contributed by atoms with Gasteiger partial charge in [-0.25, -0.2) is 4.68 Å². The summed E-state index contributed by atoms with van der Waals surface area (Å²) >= 11 is 1.72. The minimum atomic E-state index is 0.727. The standard InChI is InChI=1S/C13H17N3S/c1-4-17-12-8-15-16(13(12)14)11-7-9(2)5-6-10(11)3/h5-8H,4,14H2,1-3H3. The van der Waals surface area contributed by atoms with Gasteiger partial charge in [-0.15, -0.1) is 11.8 Å². The van der Waals surface area contributed by atoms with E-state index in [-0.39, 0.29) is 0 Å². The van der Waals surface area contributed by atoms with Crippen LogP contribution in [0.4, 0.5) is 5.82 Å². The Morgan fingerprint density at radius 2 is 2.12 bits per heavy atom. The molecule has 0 unspecified atom stereocenters. The minimum absolute atomic E-state index is 0.727. The molecule has 0 atom stereocenters. The monoisotopic (exact) mass is 247 g/mol. The Labute approximate surface area is 106 Å². The summed E-state index contributed by atoms with van der Waals surface area (Å²) in [6, 6.07) is 6.30. The molecule has 0 spiro atoms. The van der Waals surface area contributed by atoms with Crippen LogP contribution in [0.5, 0.6) is 0 Å². The van der Waals surface area contributed by atoms with Crippen LogP contribution >= 0.6 is 11.8 Å². The van der Waals surface area contributed by atoms with Crippen LogP contribution in [0.1, 0.15) is 18.1 Å². The Kier molecular flexibility index (Phi) is 3.43. The van der Waals surface area contributed by atoms with Gasteiger partial charge in [-0.3, -0.25) is 0 Å². The van der Waals surface area contributed by atoms with Crippen LogP contribution in [-0.2, 0) is 0 Å². The van der Waals surface area contributed by atoms with Crippen molar-refractivity contribution >= 4 is 17.6 Å². The Morgan fingerprint density at radius 1 is 1.35 bits per heavy atom. The average molecular weight is 247 g/mol. The first-order valence-electron chi connectivity index (χ1n) is 5.67. The van der Waals surface area contributed by atoms with Crippen molar-refractivity contribution in [2.45, 2.75) is 25.7 Å². The molecule has 0 saturated heterocycles. The van der Waals surface area contributed by atoms with Crippen molar-refractivity contribution in [3.8, 4) is 5.69 Å². The number of nitrogens with zero attached hydrogens (tertiary/aromatic N) is 2. The van der Waals surface area contributed by atoms with Gasteiger partial charge in [0.25, 0.3) is 0 Å². The number of nitrogens with two attached hydrogens (primary N) is 1. The van der Waals surface area contributed by atoms with Gasteiger partial charge in [-0.1, -0.05) is 19.1 Å². The number of hydrogen-bond donors (Lipinski definition) is 1. The molecular formula is C13H17N3S. The Morgan fingerprint density at radius 3 is 2.82 bits per heavy atom. The first-order chi connectivity index (χ1) is 8.13. The molecule has 0 saturated carbocycles. The van der Waals surface area contributed by atoms with Crippen LogP contribution in [0.2, 0.25) is 0 Å². The molecule has 0 fully saturated rings. The molecule has 0 bridgehead atoms. The molecule has 0 amide bonds. The number of benzene rings is 1. The lowest BCUT2D eigenvalue weighted by atomic mass is 10.1. The van der Waals surface area contributed by atoms with E-state index in [0.29, 0.717) is 0 Å². The molecule has 1 aromatic heterocycles. The third kappa shape index (κ3) is 2.31. The van der Waals surface area contributed by atoms with E-state index in [9.17, 15) is 0 Å². The number of anilines is 1. The molecule has 17 heavy (non-hydrogen) atoms. The van der Waals surface area contributed by atoms with Crippen LogP contribution in [0.15, 0.2) is 29.3 Å². The predicted molar refractivity (Wildman–Crippen MR) is 73.8 cm³/mol. The van der Waals surface area contributed by atoms with E-state index in [1.54, 1.807) is 11.8 Å². The molecule has 90 valence electrons. The third-order valence-corrected chi connectivity index (χ3v) is 3.58. The summed E-state index contributed by atoms with van der Waals surface area (Å²) < 4.78 is 1.82. The maximum Gasteiger partial charge on any atom is 0.140 e. The summed E-state index contributed by atoms with van der Waals surface area (Å²) in [4.78, 5) is 1.05. The summed E-state index contributed by atoms with van der Waals surface area (Å²) in [7, 11) is 0. The predicted octanol–water partition coefficient (Wildman–Crippen LogP) is 3.18. The minimum Gasteiger partial charge on any atom is -0.383 e. The Balaban J connectivity index is 2.49. The Hall–Kier alpha value is -1.42. The van der Waals surface area contributed by atoms with Gasteiger partial charge < -0.3 is 5.73 Å². The molecule has 2 aromatic rings. The molecule has 0 aliphatic rings. The molecule has 2 rings (SSSR count). The van der Waals surface area contributed by atoms with Crippen LogP contribution < -0.4 is 5.73 Å². The fourth-order valence-electron chi connectivity index (χ4n) is 1.75. The third-order valence-electron chi connectivity index (χ3n) is 2.66. The molecule has 0 aliphatic heterocycles. The number of aryl methyl sites for hydroxylation is 2. The van der Waals surface area contributed by atoms with E-state index in [4.69, 9.17) is 5.73 Å². The fourth-order valence-corrected chi connectivity index (χ4v) is 2.42. The van der Waals surface area contributed by atoms with Crippen LogP contribution in [0.3, 0.4) is 0 Å². The van der Waals surface area contributed by atoms with Gasteiger partial charge in [-0.2, -0.15) is 5.10 Å². The molecule has 0 radical (unpaired) electrons. The number of hydrogen-bond acceptors (Lipinski definition) is 3. The van der Waals surface area contributed by atoms with E-state index in [1.165, 1.54) is 11.1 Å². The molecule has 4 heteroatoms. The summed E-state index contributed by atoms with van der Waals surface area (Å²) in [5.41, 5.74) is 9.57. The molecule has 0 aliphatic carbocycles. The van der Waals surface area contributed by atoms with Gasteiger partial charge >= 0.3 is 0 Å². The first-order valence-corrected chi connectivity index (χ1v) is 6.66. The zero-order valence-corrected chi connectivity index (χ0v) is 11.2. The molecule has 3 nitrogen and oxygen atoms in total. The van der Waals surface area contributed by atoms with Crippen LogP contribution in [0, 0.1) is 13.8 Å². The van der Waals surface area contributed by atoms with Gasteiger partial charge in [0.05, 0.1) is 16.8 Å². The quantitative estimate of drug-likeness (QED) is 0.847. The zero-order chi connectivity index (χ0) is 12.4. The average Bonchev–Trinajstić information content (AvgIpc) is 2.65. The fraction of sp³-hybridized carbons (Fsp3) is 0.308. The SMILES string of the molecule is CCSc1cnn(-c2cc(C)ccc2C)c1N. The highest BCUT2D eigenvalue weighted by molar-refractivity contribution is 7.99. The second kappa shape index (κ2) is 4.84. The van der Waals surface area contributed by atoms with Gasteiger partial charge in [0.15, 0.2) is 0 Å². The smallest absolute Gasteiger partial charge is 0.140 e. The van der Waals surface area contributed by atoms with Gasteiger partial charge in [0.2, 0.25) is 0 Å². The van der Waals surface area contributed by atoms with E-state index in [0.717, 1.165) is 22.2 Å². The number of nitrogen functional groups attached to an aromatic ring is 1. The van der Waals surface area contributed by atoms with Crippen LogP contribution in [0.25, 0.3) is 5.69 Å². The van der Waals surface area contributed by atoms with Gasteiger partial charge in [-0.05, 0) is 36.8 Å². The van der Waals surface area contributed by atoms with Crippen molar-refractivity contribution in [3.63, 3.8) is 0 Å². The zero-order valence-electron chi connectivity index (χ0n) is 10.4. The molecule has 1 heterocycles. The van der Waals surface area contributed by atoms with Crippen LogP contribution in [-0.4, -0.2) is 15.5 Å². The van der Waals surface area contributed by atoms with Gasteiger partial charge in [0, 0.05) is 0 Å². The highest BCUT2D eigenvalue weighted by atomic mass is 32.2. The molecule has 1 aromatic carbocycles. The second-order valence-corrected chi connectivity index (χ2v) is 5.33. The van der Waals surface area contributed by atoms with Crippen molar-refractivity contribution in [3.05, 3.63) is 35.5 Å². The number of rotatable bonds is 3.